The SMILES string of the molecule is C1=C(n2nccn2)N=N[N]1. The molecule has 1 aliphatic heterocycles. The highest BCUT2D eigenvalue weighted by atomic mass is 15.6. The van der Waals surface area contributed by atoms with E-state index in [4.69, 9.17) is 0 Å². The smallest absolute Gasteiger partial charge is 0.155 e. The molecule has 6 nitrogen and oxygen atoms in total. The van der Waals surface area contributed by atoms with Gasteiger partial charge in [-0.1, -0.05) is 0 Å². The van der Waals surface area contributed by atoms with Crippen molar-refractivity contribution in [2.75, 3.05) is 0 Å². The number of hydrogen-bond acceptors (Lipinski definition) is 4. The van der Waals surface area contributed by atoms with E-state index in [1.807, 2.05) is 0 Å². The average Bonchev–Trinajstić information content (AvgIpc) is 2.59. The molecule has 1 aromatic rings. The van der Waals surface area contributed by atoms with Gasteiger partial charge >= 0.3 is 0 Å². The van der Waals surface area contributed by atoms with Crippen molar-refractivity contribution < 1.29 is 0 Å². The molecule has 6 heteroatoms. The van der Waals surface area contributed by atoms with Gasteiger partial charge in [0.2, 0.25) is 5.82 Å². The quantitative estimate of drug-likeness (QED) is 0.544. The molecule has 2 heterocycles. The monoisotopic (exact) mass is 135 g/mol. The van der Waals surface area contributed by atoms with Gasteiger partial charge in [0.05, 0.1) is 18.6 Å². The third kappa shape index (κ3) is 0.661. The van der Waals surface area contributed by atoms with Crippen molar-refractivity contribution in [3.63, 3.8) is 0 Å². The molecule has 1 aliphatic rings. The van der Waals surface area contributed by atoms with Gasteiger partial charge in [-0.3, -0.25) is 0 Å². The molecule has 0 saturated heterocycles. The Kier molecular flexibility index (Phi) is 0.970. The maximum Gasteiger partial charge on any atom is 0.218 e. The van der Waals surface area contributed by atoms with E-state index >= 15 is 0 Å². The van der Waals surface area contributed by atoms with Crippen molar-refractivity contribution in [1.29, 1.82) is 0 Å². The van der Waals surface area contributed by atoms with Gasteiger partial charge in [0.15, 0.2) is 0 Å². The van der Waals surface area contributed by atoms with E-state index < -0.39 is 0 Å². The largest absolute Gasteiger partial charge is 0.218 e. The van der Waals surface area contributed by atoms with Crippen molar-refractivity contribution in [2.24, 2.45) is 10.3 Å². The molecule has 0 fully saturated rings. The van der Waals surface area contributed by atoms with Crippen LogP contribution in [0.25, 0.3) is 5.82 Å². The summed E-state index contributed by atoms with van der Waals surface area (Å²) in [4.78, 5) is 1.35. The minimum Gasteiger partial charge on any atom is -0.155 e. The third-order valence-electron chi connectivity index (χ3n) is 0.996. The Hall–Kier alpha value is -1.72. The predicted molar refractivity (Wildman–Crippen MR) is 31.3 cm³/mol. The summed E-state index contributed by atoms with van der Waals surface area (Å²) in [5.74, 6) is 0.532. The van der Waals surface area contributed by atoms with E-state index in [9.17, 15) is 0 Å². The molecule has 49 valence electrons. The molecule has 0 bridgehead atoms. The molecule has 0 N–H and O–H groups in total. The first-order valence-corrected chi connectivity index (χ1v) is 2.64. The maximum atomic E-state index is 3.82. The van der Waals surface area contributed by atoms with E-state index in [1.165, 1.54) is 11.0 Å². The topological polar surface area (TPSA) is 69.5 Å². The van der Waals surface area contributed by atoms with E-state index in [-0.39, 0.29) is 0 Å². The maximum absolute atomic E-state index is 3.82. The van der Waals surface area contributed by atoms with Crippen LogP contribution < -0.4 is 5.43 Å². The second-order valence-electron chi connectivity index (χ2n) is 1.61. The normalized spacial score (nSPS) is 15.0. The summed E-state index contributed by atoms with van der Waals surface area (Å²) in [7, 11) is 0. The summed E-state index contributed by atoms with van der Waals surface area (Å²) in [6.07, 6.45) is 4.61. The van der Waals surface area contributed by atoms with Gasteiger partial charge in [-0.05, 0) is 5.22 Å². The Morgan fingerprint density at radius 2 is 2.00 bits per heavy atom. The third-order valence-corrected chi connectivity index (χ3v) is 0.996. The van der Waals surface area contributed by atoms with Gasteiger partial charge in [0, 0.05) is 0 Å². The second-order valence-corrected chi connectivity index (χ2v) is 1.61. The summed E-state index contributed by atoms with van der Waals surface area (Å²) in [6, 6.07) is 0. The molecule has 10 heavy (non-hydrogen) atoms. The summed E-state index contributed by atoms with van der Waals surface area (Å²) in [5.41, 5.74) is 3.52. The van der Waals surface area contributed by atoms with Gasteiger partial charge in [0.25, 0.3) is 0 Å². The Bertz CT molecular complexity index is 270. The van der Waals surface area contributed by atoms with Crippen LogP contribution in [0.3, 0.4) is 0 Å². The van der Waals surface area contributed by atoms with Crippen LogP contribution in [-0.4, -0.2) is 15.0 Å². The molecular formula is C4H3N6. The first-order chi connectivity index (χ1) is 4.97. The number of aromatic nitrogens is 3. The summed E-state index contributed by atoms with van der Waals surface area (Å²) >= 11 is 0. The highest BCUT2D eigenvalue weighted by molar-refractivity contribution is 5.39. The van der Waals surface area contributed by atoms with Crippen molar-refractivity contribution in [3.8, 4) is 0 Å². The Balaban J connectivity index is 2.36. The van der Waals surface area contributed by atoms with Crippen LogP contribution in [0.5, 0.6) is 0 Å². The van der Waals surface area contributed by atoms with Gasteiger partial charge in [0.1, 0.15) is 0 Å². The highest BCUT2D eigenvalue weighted by Crippen LogP contribution is 2.05. The van der Waals surface area contributed by atoms with Crippen molar-refractivity contribution in [1.82, 2.24) is 20.4 Å². The number of hydrogen-bond donors (Lipinski definition) is 0. The molecule has 0 spiro atoms. The first-order valence-electron chi connectivity index (χ1n) is 2.64. The summed E-state index contributed by atoms with van der Waals surface area (Å²) in [6.45, 7) is 0. The van der Waals surface area contributed by atoms with E-state index in [2.05, 4.69) is 26.0 Å². The van der Waals surface area contributed by atoms with Crippen molar-refractivity contribution in [2.45, 2.75) is 0 Å². The standard InChI is InChI=1S/C4H3N6/c1-2-7-10(6-1)4-3-5-9-8-4/h1-3H. The minimum absolute atomic E-state index is 0.532. The van der Waals surface area contributed by atoms with Gasteiger partial charge < -0.3 is 0 Å². The van der Waals surface area contributed by atoms with Crippen LogP contribution in [0.4, 0.5) is 0 Å². The number of nitrogens with zero attached hydrogens (tertiary/aromatic N) is 6. The molecular weight excluding hydrogens is 132 g/mol. The van der Waals surface area contributed by atoms with Crippen molar-refractivity contribution in [3.05, 3.63) is 18.6 Å². The van der Waals surface area contributed by atoms with Crippen LogP contribution in [0, 0.1) is 0 Å². The van der Waals surface area contributed by atoms with Gasteiger partial charge in [-0.2, -0.15) is 10.2 Å². The molecule has 0 amide bonds. The van der Waals surface area contributed by atoms with Crippen LogP contribution >= 0.6 is 0 Å². The summed E-state index contributed by atoms with van der Waals surface area (Å²) < 4.78 is 0. The summed E-state index contributed by atoms with van der Waals surface area (Å²) in [5, 5.41) is 14.7. The van der Waals surface area contributed by atoms with Gasteiger partial charge in [-0.25, -0.2) is 0 Å². The van der Waals surface area contributed by atoms with E-state index in [1.54, 1.807) is 12.4 Å². The first kappa shape index (κ1) is 5.10. The van der Waals surface area contributed by atoms with Crippen LogP contribution in [0.15, 0.2) is 28.9 Å². The fourth-order valence-corrected chi connectivity index (χ4v) is 0.601. The predicted octanol–water partition coefficient (Wildman–Crippen LogP) is 0.0192. The zero-order valence-electron chi connectivity index (χ0n) is 4.92. The molecule has 0 atom stereocenters. The Morgan fingerprint density at radius 3 is 2.60 bits per heavy atom. The lowest BCUT2D eigenvalue weighted by Gasteiger charge is -1.88. The van der Waals surface area contributed by atoms with Gasteiger partial charge in [-0.15, -0.1) is 15.3 Å². The molecule has 0 aromatic carbocycles. The average molecular weight is 135 g/mol. The molecule has 1 aromatic heterocycles. The molecule has 1 radical (unpaired) electrons. The molecule has 0 saturated carbocycles. The van der Waals surface area contributed by atoms with E-state index in [0.29, 0.717) is 5.82 Å². The zero-order valence-corrected chi connectivity index (χ0v) is 4.92. The van der Waals surface area contributed by atoms with Crippen LogP contribution in [0.2, 0.25) is 0 Å². The number of rotatable bonds is 1. The zero-order chi connectivity index (χ0) is 6.81. The second kappa shape index (κ2) is 1.90. The van der Waals surface area contributed by atoms with Crippen LogP contribution in [-0.2, 0) is 0 Å². The van der Waals surface area contributed by atoms with E-state index in [0.717, 1.165) is 0 Å². The van der Waals surface area contributed by atoms with Crippen molar-refractivity contribution >= 4 is 5.82 Å². The van der Waals surface area contributed by atoms with Crippen LogP contribution in [0.1, 0.15) is 0 Å². The lowest BCUT2D eigenvalue weighted by atomic mass is 10.8. The fourth-order valence-electron chi connectivity index (χ4n) is 0.601. The molecule has 0 aliphatic carbocycles. The minimum atomic E-state index is 0.532. The Morgan fingerprint density at radius 1 is 1.20 bits per heavy atom. The lowest BCUT2D eigenvalue weighted by molar-refractivity contribution is 0.757. The fraction of sp³-hybridized carbons (Fsp3) is 0. The Labute approximate surface area is 56.2 Å². The molecule has 0 unspecified atom stereocenters. The lowest BCUT2D eigenvalue weighted by Crippen LogP contribution is -1.97. The molecule has 2 rings (SSSR count). The highest BCUT2D eigenvalue weighted by Gasteiger charge is 2.03.